The molecule has 0 saturated carbocycles. The number of aryl methyl sites for hydroxylation is 1. The first-order chi connectivity index (χ1) is 9.15. The molecule has 20 heavy (non-hydrogen) atoms. The Balaban J connectivity index is 2.89. The standard InChI is InChI=1S/C16H26F2N2/c1-10(9-16(3,4)5)8-13(20-19)12-7-6-11(2)14(17)15(12)18/h6-7,10,13,20H,8-9,19H2,1-5H3. The second-order valence-corrected chi connectivity index (χ2v) is 6.92. The summed E-state index contributed by atoms with van der Waals surface area (Å²) >= 11 is 0. The predicted octanol–water partition coefficient (Wildman–Crippen LogP) is 4.24. The fourth-order valence-corrected chi connectivity index (χ4v) is 2.75. The molecule has 114 valence electrons. The van der Waals surface area contributed by atoms with E-state index >= 15 is 0 Å². The highest BCUT2D eigenvalue weighted by atomic mass is 19.2. The van der Waals surface area contributed by atoms with E-state index < -0.39 is 11.6 Å². The lowest BCUT2D eigenvalue weighted by Gasteiger charge is -2.27. The van der Waals surface area contributed by atoms with E-state index in [9.17, 15) is 8.78 Å². The zero-order valence-corrected chi connectivity index (χ0v) is 13.1. The fourth-order valence-electron chi connectivity index (χ4n) is 2.75. The molecule has 3 N–H and O–H groups in total. The second kappa shape index (κ2) is 6.64. The highest BCUT2D eigenvalue weighted by molar-refractivity contribution is 5.27. The maximum absolute atomic E-state index is 14.0. The zero-order chi connectivity index (χ0) is 15.5. The van der Waals surface area contributed by atoms with Gasteiger partial charge in [-0.25, -0.2) is 8.78 Å². The van der Waals surface area contributed by atoms with Gasteiger partial charge in [0, 0.05) is 11.6 Å². The van der Waals surface area contributed by atoms with Gasteiger partial charge in [-0.3, -0.25) is 11.3 Å². The molecule has 2 nitrogen and oxygen atoms in total. The molecule has 0 fully saturated rings. The Morgan fingerprint density at radius 2 is 1.80 bits per heavy atom. The maximum Gasteiger partial charge on any atom is 0.163 e. The number of benzene rings is 1. The molecular formula is C16H26F2N2. The average Bonchev–Trinajstić information content (AvgIpc) is 2.32. The van der Waals surface area contributed by atoms with E-state index in [4.69, 9.17) is 5.84 Å². The van der Waals surface area contributed by atoms with E-state index in [1.807, 2.05) is 0 Å². The highest BCUT2D eigenvalue weighted by Crippen LogP contribution is 2.31. The highest BCUT2D eigenvalue weighted by Gasteiger charge is 2.23. The third-order valence-corrected chi connectivity index (χ3v) is 3.48. The number of nitrogens with one attached hydrogen (secondary N) is 1. The summed E-state index contributed by atoms with van der Waals surface area (Å²) in [5.41, 5.74) is 3.43. The van der Waals surface area contributed by atoms with Crippen LogP contribution in [-0.4, -0.2) is 0 Å². The van der Waals surface area contributed by atoms with Crippen LogP contribution in [0.25, 0.3) is 0 Å². The fraction of sp³-hybridized carbons (Fsp3) is 0.625. The van der Waals surface area contributed by atoms with Crippen molar-refractivity contribution in [2.45, 2.75) is 53.5 Å². The smallest absolute Gasteiger partial charge is 0.163 e. The van der Waals surface area contributed by atoms with Crippen molar-refractivity contribution >= 4 is 0 Å². The van der Waals surface area contributed by atoms with Crippen molar-refractivity contribution in [3.63, 3.8) is 0 Å². The molecule has 1 rings (SSSR count). The van der Waals surface area contributed by atoms with Crippen LogP contribution in [0.3, 0.4) is 0 Å². The molecule has 0 aliphatic carbocycles. The summed E-state index contributed by atoms with van der Waals surface area (Å²) in [4.78, 5) is 0. The molecule has 0 aromatic heterocycles. The van der Waals surface area contributed by atoms with Gasteiger partial charge in [0.15, 0.2) is 11.6 Å². The average molecular weight is 284 g/mol. The number of hydrazine groups is 1. The monoisotopic (exact) mass is 284 g/mol. The largest absolute Gasteiger partial charge is 0.271 e. The molecule has 1 aromatic rings. The van der Waals surface area contributed by atoms with Crippen molar-refractivity contribution in [2.75, 3.05) is 0 Å². The van der Waals surface area contributed by atoms with E-state index in [0.717, 1.165) is 6.42 Å². The van der Waals surface area contributed by atoms with Crippen LogP contribution in [0.4, 0.5) is 8.78 Å². The molecule has 0 saturated heterocycles. The Morgan fingerprint density at radius 3 is 2.30 bits per heavy atom. The minimum Gasteiger partial charge on any atom is -0.271 e. The van der Waals surface area contributed by atoms with Gasteiger partial charge < -0.3 is 0 Å². The van der Waals surface area contributed by atoms with Gasteiger partial charge >= 0.3 is 0 Å². The topological polar surface area (TPSA) is 38.0 Å². The SMILES string of the molecule is Cc1ccc(C(CC(C)CC(C)(C)C)NN)c(F)c1F. The second-order valence-electron chi connectivity index (χ2n) is 6.92. The number of rotatable bonds is 5. The van der Waals surface area contributed by atoms with E-state index in [-0.39, 0.29) is 11.5 Å². The maximum atomic E-state index is 14.0. The van der Waals surface area contributed by atoms with Gasteiger partial charge in [-0.2, -0.15) is 0 Å². The Kier molecular flexibility index (Phi) is 5.66. The molecule has 0 radical (unpaired) electrons. The molecule has 2 unspecified atom stereocenters. The van der Waals surface area contributed by atoms with Gasteiger partial charge in [0.2, 0.25) is 0 Å². The first-order valence-corrected chi connectivity index (χ1v) is 7.06. The van der Waals surface area contributed by atoms with Crippen molar-refractivity contribution in [1.29, 1.82) is 0 Å². The van der Waals surface area contributed by atoms with Crippen molar-refractivity contribution in [1.82, 2.24) is 5.43 Å². The first kappa shape index (κ1) is 17.1. The third kappa shape index (κ3) is 4.53. The van der Waals surface area contributed by atoms with Gasteiger partial charge in [0.05, 0.1) is 0 Å². The lowest BCUT2D eigenvalue weighted by molar-refractivity contribution is 0.274. The van der Waals surface area contributed by atoms with Gasteiger partial charge in [0.25, 0.3) is 0 Å². The van der Waals surface area contributed by atoms with Crippen LogP contribution in [0.2, 0.25) is 0 Å². The van der Waals surface area contributed by atoms with E-state index in [1.54, 1.807) is 19.1 Å². The molecule has 0 bridgehead atoms. The van der Waals surface area contributed by atoms with Gasteiger partial charge in [-0.15, -0.1) is 0 Å². The van der Waals surface area contributed by atoms with Crippen LogP contribution in [-0.2, 0) is 0 Å². The summed E-state index contributed by atoms with van der Waals surface area (Å²) in [6, 6.07) is 2.83. The number of hydrogen-bond donors (Lipinski definition) is 2. The molecule has 1 aromatic carbocycles. The summed E-state index contributed by atoms with van der Waals surface area (Å²) in [5.74, 6) is 4.31. The van der Waals surface area contributed by atoms with Gasteiger partial charge in [-0.05, 0) is 36.7 Å². The third-order valence-electron chi connectivity index (χ3n) is 3.48. The number of nitrogens with two attached hydrogens (primary N) is 1. The number of halogens is 2. The summed E-state index contributed by atoms with van der Waals surface area (Å²) < 4.78 is 27.7. The molecule has 2 atom stereocenters. The Labute approximate surface area is 120 Å². The quantitative estimate of drug-likeness (QED) is 0.627. The van der Waals surface area contributed by atoms with Crippen molar-refractivity contribution < 1.29 is 8.78 Å². The molecule has 0 aliphatic heterocycles. The first-order valence-electron chi connectivity index (χ1n) is 7.06. The summed E-state index contributed by atoms with van der Waals surface area (Å²) in [6.45, 7) is 10.2. The van der Waals surface area contributed by atoms with Crippen LogP contribution < -0.4 is 11.3 Å². The molecule has 0 amide bonds. The van der Waals surface area contributed by atoms with Crippen LogP contribution in [0.15, 0.2) is 12.1 Å². The lowest BCUT2D eigenvalue weighted by Crippen LogP contribution is -2.31. The van der Waals surface area contributed by atoms with Gasteiger partial charge in [0.1, 0.15) is 0 Å². The van der Waals surface area contributed by atoms with E-state index in [2.05, 4.69) is 33.1 Å². The van der Waals surface area contributed by atoms with Crippen LogP contribution in [0, 0.1) is 29.9 Å². The van der Waals surface area contributed by atoms with Gasteiger partial charge in [-0.1, -0.05) is 39.8 Å². The van der Waals surface area contributed by atoms with Crippen molar-refractivity contribution in [2.24, 2.45) is 17.2 Å². The van der Waals surface area contributed by atoms with Crippen LogP contribution in [0.5, 0.6) is 0 Å². The summed E-state index contributed by atoms with van der Waals surface area (Å²) in [7, 11) is 0. The number of hydrogen-bond acceptors (Lipinski definition) is 2. The normalized spacial score (nSPS) is 15.2. The Bertz CT molecular complexity index is 453. The predicted molar refractivity (Wildman–Crippen MR) is 79.0 cm³/mol. The minimum absolute atomic E-state index is 0.204. The molecule has 0 spiro atoms. The van der Waals surface area contributed by atoms with Crippen molar-refractivity contribution in [3.05, 3.63) is 34.9 Å². The molecule has 0 aliphatic rings. The van der Waals surface area contributed by atoms with Crippen molar-refractivity contribution in [3.8, 4) is 0 Å². The van der Waals surface area contributed by atoms with E-state index in [0.29, 0.717) is 23.5 Å². The van der Waals surface area contributed by atoms with E-state index in [1.165, 1.54) is 0 Å². The summed E-state index contributed by atoms with van der Waals surface area (Å²) in [6.07, 6.45) is 1.67. The Morgan fingerprint density at radius 1 is 1.20 bits per heavy atom. The lowest BCUT2D eigenvalue weighted by atomic mass is 9.82. The zero-order valence-electron chi connectivity index (χ0n) is 13.1. The molecule has 4 heteroatoms. The van der Waals surface area contributed by atoms with Crippen LogP contribution >= 0.6 is 0 Å². The molecular weight excluding hydrogens is 258 g/mol. The molecule has 0 heterocycles. The van der Waals surface area contributed by atoms with Crippen LogP contribution in [0.1, 0.15) is 57.7 Å². The minimum atomic E-state index is -0.795. The summed E-state index contributed by atoms with van der Waals surface area (Å²) in [5, 5.41) is 0. The Hall–Kier alpha value is -1.00.